The zero-order valence-electron chi connectivity index (χ0n) is 10.6. The summed E-state index contributed by atoms with van der Waals surface area (Å²) in [7, 11) is 0. The Morgan fingerprint density at radius 3 is 2.61 bits per heavy atom. The van der Waals surface area contributed by atoms with Gasteiger partial charge in [-0.2, -0.15) is 0 Å². The van der Waals surface area contributed by atoms with E-state index in [1.807, 2.05) is 19.1 Å². The molecule has 1 fully saturated rings. The Bertz CT molecular complexity index is 399. The molecule has 1 aromatic heterocycles. The molecule has 1 aliphatic rings. The van der Waals surface area contributed by atoms with Gasteiger partial charge in [-0.15, -0.1) is 12.4 Å². The first-order chi connectivity index (χ1) is 8.16. The van der Waals surface area contributed by atoms with Gasteiger partial charge in [0.2, 0.25) is 5.91 Å². The number of aromatic nitrogens is 1. The number of anilines is 1. The summed E-state index contributed by atoms with van der Waals surface area (Å²) in [5, 5.41) is 2.92. The van der Waals surface area contributed by atoms with Crippen LogP contribution in [0.3, 0.4) is 0 Å². The van der Waals surface area contributed by atoms with E-state index in [9.17, 15) is 4.79 Å². The summed E-state index contributed by atoms with van der Waals surface area (Å²) in [4.78, 5) is 16.4. The van der Waals surface area contributed by atoms with Crippen LogP contribution in [-0.4, -0.2) is 17.4 Å². The number of amides is 1. The fourth-order valence-corrected chi connectivity index (χ4v) is 2.38. The molecule has 3 N–H and O–H groups in total. The monoisotopic (exact) mass is 269 g/mol. The van der Waals surface area contributed by atoms with Gasteiger partial charge in [-0.05, 0) is 31.9 Å². The lowest BCUT2D eigenvalue weighted by atomic mass is 9.85. The van der Waals surface area contributed by atoms with Crippen LogP contribution in [0.5, 0.6) is 0 Å². The predicted molar refractivity (Wildman–Crippen MR) is 74.8 cm³/mol. The second-order valence-corrected chi connectivity index (χ2v) is 4.83. The third-order valence-corrected chi connectivity index (χ3v) is 3.60. The van der Waals surface area contributed by atoms with Crippen LogP contribution in [0.1, 0.15) is 31.4 Å². The Morgan fingerprint density at radius 1 is 1.44 bits per heavy atom. The number of nitrogens with one attached hydrogen (secondary N) is 1. The summed E-state index contributed by atoms with van der Waals surface area (Å²) in [5.74, 6) is 0.0446. The number of nitrogens with zero attached hydrogens (tertiary/aromatic N) is 1. The van der Waals surface area contributed by atoms with Gasteiger partial charge in [-0.25, -0.2) is 0 Å². The predicted octanol–water partition coefficient (Wildman–Crippen LogP) is 2.27. The molecule has 0 unspecified atom stereocenters. The van der Waals surface area contributed by atoms with Crippen molar-refractivity contribution in [3.63, 3.8) is 0 Å². The van der Waals surface area contributed by atoms with Crippen molar-refractivity contribution >= 4 is 24.0 Å². The largest absolute Gasteiger partial charge is 0.329 e. The van der Waals surface area contributed by atoms with E-state index in [1.54, 1.807) is 6.20 Å². The number of hydrogen-bond donors (Lipinski definition) is 2. The van der Waals surface area contributed by atoms with Crippen molar-refractivity contribution < 1.29 is 4.79 Å². The SMILES string of the molecule is Cc1ccc(NC(=O)C2(CN)CCCC2)cn1.Cl. The summed E-state index contributed by atoms with van der Waals surface area (Å²) in [6.45, 7) is 2.35. The minimum Gasteiger partial charge on any atom is -0.329 e. The molecule has 0 saturated heterocycles. The molecule has 1 aromatic rings. The van der Waals surface area contributed by atoms with Gasteiger partial charge in [-0.3, -0.25) is 9.78 Å². The zero-order chi connectivity index (χ0) is 12.3. The first-order valence-electron chi connectivity index (χ1n) is 6.10. The van der Waals surface area contributed by atoms with Gasteiger partial charge < -0.3 is 11.1 Å². The minimum absolute atomic E-state index is 0. The second kappa shape index (κ2) is 6.16. The number of rotatable bonds is 3. The molecule has 0 spiro atoms. The number of pyridine rings is 1. The molecule has 100 valence electrons. The number of nitrogens with two attached hydrogens (primary N) is 1. The van der Waals surface area contributed by atoms with Crippen LogP contribution in [0.15, 0.2) is 18.3 Å². The molecule has 1 aliphatic carbocycles. The van der Waals surface area contributed by atoms with E-state index in [2.05, 4.69) is 10.3 Å². The maximum absolute atomic E-state index is 12.2. The average Bonchev–Trinajstić information content (AvgIpc) is 2.82. The van der Waals surface area contributed by atoms with E-state index in [-0.39, 0.29) is 23.7 Å². The molecule has 1 amide bonds. The third kappa shape index (κ3) is 3.00. The molecule has 18 heavy (non-hydrogen) atoms. The van der Waals surface area contributed by atoms with Crippen LogP contribution >= 0.6 is 12.4 Å². The van der Waals surface area contributed by atoms with Gasteiger partial charge in [0, 0.05) is 12.2 Å². The standard InChI is InChI=1S/C13H19N3O.ClH/c1-10-4-5-11(8-15-10)16-12(17)13(9-14)6-2-3-7-13;/h4-5,8H,2-3,6-7,9,14H2,1H3,(H,16,17);1H. The number of carbonyl (C=O) groups is 1. The summed E-state index contributed by atoms with van der Waals surface area (Å²) in [5.41, 5.74) is 7.11. The molecule has 4 nitrogen and oxygen atoms in total. The zero-order valence-corrected chi connectivity index (χ0v) is 11.4. The van der Waals surface area contributed by atoms with Crippen LogP contribution in [0, 0.1) is 12.3 Å². The van der Waals surface area contributed by atoms with Crippen molar-refractivity contribution in [1.82, 2.24) is 4.98 Å². The van der Waals surface area contributed by atoms with E-state index in [0.29, 0.717) is 6.54 Å². The molecule has 0 bridgehead atoms. The second-order valence-electron chi connectivity index (χ2n) is 4.83. The highest BCUT2D eigenvalue weighted by Crippen LogP contribution is 2.38. The van der Waals surface area contributed by atoms with Crippen molar-refractivity contribution in [1.29, 1.82) is 0 Å². The highest BCUT2D eigenvalue weighted by Gasteiger charge is 2.39. The molecule has 0 aromatic carbocycles. The van der Waals surface area contributed by atoms with Crippen LogP contribution in [-0.2, 0) is 4.79 Å². The maximum Gasteiger partial charge on any atom is 0.231 e. The molecule has 5 heteroatoms. The average molecular weight is 270 g/mol. The van der Waals surface area contributed by atoms with Crippen LogP contribution in [0.2, 0.25) is 0 Å². The van der Waals surface area contributed by atoms with Crippen LogP contribution in [0.25, 0.3) is 0 Å². The van der Waals surface area contributed by atoms with Gasteiger partial charge in [0.15, 0.2) is 0 Å². The molecule has 2 rings (SSSR count). The van der Waals surface area contributed by atoms with E-state index in [4.69, 9.17) is 5.73 Å². The topological polar surface area (TPSA) is 68.0 Å². The van der Waals surface area contributed by atoms with E-state index in [0.717, 1.165) is 37.1 Å². The fourth-order valence-electron chi connectivity index (χ4n) is 2.38. The van der Waals surface area contributed by atoms with Gasteiger partial charge in [0.25, 0.3) is 0 Å². The Labute approximate surface area is 114 Å². The van der Waals surface area contributed by atoms with E-state index in [1.165, 1.54) is 0 Å². The molecule has 0 atom stereocenters. The smallest absolute Gasteiger partial charge is 0.231 e. The summed E-state index contributed by atoms with van der Waals surface area (Å²) in [6.07, 6.45) is 5.67. The van der Waals surface area contributed by atoms with Crippen molar-refractivity contribution in [2.45, 2.75) is 32.6 Å². The fraction of sp³-hybridized carbons (Fsp3) is 0.538. The van der Waals surface area contributed by atoms with Crippen molar-refractivity contribution in [3.8, 4) is 0 Å². The third-order valence-electron chi connectivity index (χ3n) is 3.60. The molecule has 0 aliphatic heterocycles. The molecule has 0 radical (unpaired) electrons. The number of hydrogen-bond acceptors (Lipinski definition) is 3. The highest BCUT2D eigenvalue weighted by molar-refractivity contribution is 5.95. The summed E-state index contributed by atoms with van der Waals surface area (Å²) in [6, 6.07) is 3.76. The van der Waals surface area contributed by atoms with Gasteiger partial charge in [0.05, 0.1) is 17.3 Å². The van der Waals surface area contributed by atoms with E-state index >= 15 is 0 Å². The maximum atomic E-state index is 12.2. The van der Waals surface area contributed by atoms with Crippen LogP contribution < -0.4 is 11.1 Å². The molecule has 1 heterocycles. The van der Waals surface area contributed by atoms with Crippen molar-refractivity contribution in [3.05, 3.63) is 24.0 Å². The van der Waals surface area contributed by atoms with Gasteiger partial charge >= 0.3 is 0 Å². The Morgan fingerprint density at radius 2 is 2.11 bits per heavy atom. The molecular weight excluding hydrogens is 250 g/mol. The number of halogens is 1. The molecule has 1 saturated carbocycles. The number of carbonyl (C=O) groups excluding carboxylic acids is 1. The lowest BCUT2D eigenvalue weighted by Crippen LogP contribution is -2.40. The van der Waals surface area contributed by atoms with Crippen molar-refractivity contribution in [2.24, 2.45) is 11.1 Å². The summed E-state index contributed by atoms with van der Waals surface area (Å²) >= 11 is 0. The first kappa shape index (κ1) is 14.9. The lowest BCUT2D eigenvalue weighted by Gasteiger charge is -2.25. The van der Waals surface area contributed by atoms with Crippen LogP contribution in [0.4, 0.5) is 5.69 Å². The Balaban J connectivity index is 0.00000162. The van der Waals surface area contributed by atoms with E-state index < -0.39 is 0 Å². The number of aryl methyl sites for hydroxylation is 1. The van der Waals surface area contributed by atoms with Gasteiger partial charge in [-0.1, -0.05) is 12.8 Å². The Hall–Kier alpha value is -1.13. The molecular formula is C13H20ClN3O. The normalized spacial score (nSPS) is 17.0. The first-order valence-corrected chi connectivity index (χ1v) is 6.10. The quantitative estimate of drug-likeness (QED) is 0.885. The summed E-state index contributed by atoms with van der Waals surface area (Å²) < 4.78 is 0. The van der Waals surface area contributed by atoms with Crippen molar-refractivity contribution in [2.75, 3.05) is 11.9 Å². The minimum atomic E-state index is -0.356. The van der Waals surface area contributed by atoms with Gasteiger partial charge in [0.1, 0.15) is 0 Å². The lowest BCUT2D eigenvalue weighted by molar-refractivity contribution is -0.124. The highest BCUT2D eigenvalue weighted by atomic mass is 35.5. The Kier molecular flexibility index (Phi) is 5.11.